The van der Waals surface area contributed by atoms with Gasteiger partial charge in [-0.3, -0.25) is 0 Å². The van der Waals surface area contributed by atoms with Gasteiger partial charge in [0.25, 0.3) is 0 Å². The number of benzene rings is 2. The van der Waals surface area contributed by atoms with Crippen LogP contribution < -0.4 is 4.74 Å². The van der Waals surface area contributed by atoms with Crippen molar-refractivity contribution >= 4 is 11.6 Å². The first kappa shape index (κ1) is 11.9. The van der Waals surface area contributed by atoms with Crippen molar-refractivity contribution in [2.75, 3.05) is 0 Å². The highest BCUT2D eigenvalue weighted by Crippen LogP contribution is 2.26. The van der Waals surface area contributed by atoms with Crippen LogP contribution in [0.4, 0.5) is 8.78 Å². The van der Waals surface area contributed by atoms with Gasteiger partial charge in [0.2, 0.25) is 0 Å². The first-order valence-electron chi connectivity index (χ1n) is 4.97. The van der Waals surface area contributed by atoms with Crippen LogP contribution in [-0.4, -0.2) is 0 Å². The molecule has 0 unspecified atom stereocenters. The fourth-order valence-corrected chi connectivity index (χ4v) is 1.54. The quantitative estimate of drug-likeness (QED) is 0.733. The van der Waals surface area contributed by atoms with E-state index in [1.54, 1.807) is 18.2 Å². The van der Waals surface area contributed by atoms with Crippen LogP contribution in [0.5, 0.6) is 11.5 Å². The molecule has 0 aliphatic carbocycles. The van der Waals surface area contributed by atoms with Crippen molar-refractivity contribution in [1.29, 1.82) is 0 Å². The van der Waals surface area contributed by atoms with Crippen LogP contribution in [0.1, 0.15) is 5.56 Å². The molecule has 0 saturated carbocycles. The van der Waals surface area contributed by atoms with E-state index in [9.17, 15) is 8.78 Å². The second-order valence-corrected chi connectivity index (χ2v) is 3.73. The molecule has 0 N–H and O–H groups in total. The van der Waals surface area contributed by atoms with E-state index in [1.165, 1.54) is 0 Å². The molecule has 0 aromatic heterocycles. The number of halogens is 3. The van der Waals surface area contributed by atoms with E-state index in [-0.39, 0.29) is 5.75 Å². The first-order valence-corrected chi connectivity index (χ1v) is 5.50. The van der Waals surface area contributed by atoms with Crippen LogP contribution in [0.15, 0.2) is 42.5 Å². The largest absolute Gasteiger partial charge is 0.454 e. The summed E-state index contributed by atoms with van der Waals surface area (Å²) >= 11 is 5.67. The van der Waals surface area contributed by atoms with Crippen molar-refractivity contribution in [2.24, 2.45) is 0 Å². The molecule has 0 spiro atoms. The van der Waals surface area contributed by atoms with Crippen LogP contribution in [0, 0.1) is 11.6 Å². The molecule has 0 amide bonds. The summed E-state index contributed by atoms with van der Waals surface area (Å²) in [6.07, 6.45) is 0. The van der Waals surface area contributed by atoms with Crippen molar-refractivity contribution in [2.45, 2.75) is 5.88 Å². The molecule has 0 aliphatic heterocycles. The second-order valence-electron chi connectivity index (χ2n) is 3.46. The molecular weight excluding hydrogens is 246 g/mol. The Bertz CT molecular complexity index is 529. The fraction of sp³-hybridized carbons (Fsp3) is 0.0769. The van der Waals surface area contributed by atoms with Crippen molar-refractivity contribution < 1.29 is 13.5 Å². The molecule has 17 heavy (non-hydrogen) atoms. The Kier molecular flexibility index (Phi) is 3.59. The lowest BCUT2D eigenvalue weighted by atomic mass is 10.2. The van der Waals surface area contributed by atoms with Gasteiger partial charge in [-0.2, -0.15) is 0 Å². The molecule has 0 bridgehead atoms. The van der Waals surface area contributed by atoms with Gasteiger partial charge in [-0.25, -0.2) is 8.78 Å². The number of rotatable bonds is 3. The molecule has 88 valence electrons. The van der Waals surface area contributed by atoms with Gasteiger partial charge < -0.3 is 4.74 Å². The van der Waals surface area contributed by atoms with E-state index in [2.05, 4.69) is 0 Å². The summed E-state index contributed by atoms with van der Waals surface area (Å²) in [5, 5.41) is 0. The molecule has 0 atom stereocenters. The minimum atomic E-state index is -0.609. The maximum absolute atomic E-state index is 13.3. The monoisotopic (exact) mass is 254 g/mol. The summed E-state index contributed by atoms with van der Waals surface area (Å²) in [7, 11) is 0. The fourth-order valence-electron chi connectivity index (χ4n) is 1.37. The molecule has 0 radical (unpaired) electrons. The second kappa shape index (κ2) is 5.15. The summed E-state index contributed by atoms with van der Waals surface area (Å²) in [5.74, 6) is -0.537. The Morgan fingerprint density at radius 1 is 1.06 bits per heavy atom. The Balaban J connectivity index is 2.27. The Morgan fingerprint density at radius 2 is 1.88 bits per heavy atom. The SMILES string of the molecule is Fc1ccc(F)c(Oc2cccc(CCl)c2)c1. The molecule has 0 fully saturated rings. The van der Waals surface area contributed by atoms with Gasteiger partial charge in [0.15, 0.2) is 11.6 Å². The lowest BCUT2D eigenvalue weighted by Gasteiger charge is -2.07. The normalized spacial score (nSPS) is 10.3. The Labute approximate surface area is 103 Å². The third-order valence-electron chi connectivity index (χ3n) is 2.17. The molecule has 0 saturated heterocycles. The van der Waals surface area contributed by atoms with Gasteiger partial charge in [0, 0.05) is 11.9 Å². The van der Waals surface area contributed by atoms with E-state index in [0.29, 0.717) is 11.6 Å². The van der Waals surface area contributed by atoms with E-state index < -0.39 is 11.6 Å². The Morgan fingerprint density at radius 3 is 2.65 bits per heavy atom. The molecule has 4 heteroatoms. The molecule has 2 aromatic carbocycles. The Hall–Kier alpha value is -1.61. The van der Waals surface area contributed by atoms with Crippen LogP contribution >= 0.6 is 11.6 Å². The van der Waals surface area contributed by atoms with E-state index in [4.69, 9.17) is 16.3 Å². The zero-order valence-corrected chi connectivity index (χ0v) is 9.55. The molecule has 2 rings (SSSR count). The molecule has 2 aromatic rings. The lowest BCUT2D eigenvalue weighted by Crippen LogP contribution is -1.90. The van der Waals surface area contributed by atoms with Gasteiger partial charge in [-0.1, -0.05) is 12.1 Å². The number of hydrogen-bond donors (Lipinski definition) is 0. The predicted octanol–water partition coefficient (Wildman–Crippen LogP) is 4.50. The summed E-state index contributed by atoms with van der Waals surface area (Å²) in [6, 6.07) is 9.96. The first-order chi connectivity index (χ1) is 8.19. The number of alkyl halides is 1. The average molecular weight is 255 g/mol. The highest BCUT2D eigenvalue weighted by atomic mass is 35.5. The van der Waals surface area contributed by atoms with Gasteiger partial charge in [-0.05, 0) is 29.8 Å². The molecule has 0 heterocycles. The van der Waals surface area contributed by atoms with Crippen LogP contribution in [-0.2, 0) is 5.88 Å². The third kappa shape index (κ3) is 2.94. The van der Waals surface area contributed by atoms with E-state index >= 15 is 0 Å². The van der Waals surface area contributed by atoms with Crippen LogP contribution in [0.25, 0.3) is 0 Å². The molecule has 0 aliphatic rings. The summed E-state index contributed by atoms with van der Waals surface area (Å²) < 4.78 is 31.5. The third-order valence-corrected chi connectivity index (χ3v) is 2.48. The van der Waals surface area contributed by atoms with Crippen LogP contribution in [0.3, 0.4) is 0 Å². The smallest absolute Gasteiger partial charge is 0.165 e. The number of hydrogen-bond acceptors (Lipinski definition) is 1. The van der Waals surface area contributed by atoms with Crippen molar-refractivity contribution in [3.05, 3.63) is 59.7 Å². The van der Waals surface area contributed by atoms with Crippen molar-refractivity contribution in [3.8, 4) is 11.5 Å². The van der Waals surface area contributed by atoms with Gasteiger partial charge in [0.05, 0.1) is 0 Å². The van der Waals surface area contributed by atoms with Crippen LogP contribution in [0.2, 0.25) is 0 Å². The van der Waals surface area contributed by atoms with E-state index in [0.717, 1.165) is 23.8 Å². The highest BCUT2D eigenvalue weighted by molar-refractivity contribution is 6.17. The predicted molar refractivity (Wildman–Crippen MR) is 62.4 cm³/mol. The topological polar surface area (TPSA) is 9.23 Å². The molecule has 1 nitrogen and oxygen atoms in total. The minimum Gasteiger partial charge on any atom is -0.454 e. The maximum Gasteiger partial charge on any atom is 0.165 e. The molecular formula is C13H9ClF2O. The van der Waals surface area contributed by atoms with Crippen molar-refractivity contribution in [1.82, 2.24) is 0 Å². The van der Waals surface area contributed by atoms with Gasteiger partial charge in [-0.15, -0.1) is 11.6 Å². The maximum atomic E-state index is 13.3. The lowest BCUT2D eigenvalue weighted by molar-refractivity contribution is 0.436. The average Bonchev–Trinajstić information content (AvgIpc) is 2.34. The standard InChI is InChI=1S/C13H9ClF2O/c14-8-9-2-1-3-11(6-9)17-13-7-10(15)4-5-12(13)16/h1-7H,8H2. The summed E-state index contributed by atoms with van der Waals surface area (Å²) in [4.78, 5) is 0. The number of ether oxygens (including phenoxy) is 1. The van der Waals surface area contributed by atoms with E-state index in [1.807, 2.05) is 6.07 Å². The summed E-state index contributed by atoms with van der Waals surface area (Å²) in [5.41, 5.74) is 0.848. The minimum absolute atomic E-state index is 0.142. The van der Waals surface area contributed by atoms with Gasteiger partial charge >= 0.3 is 0 Å². The van der Waals surface area contributed by atoms with Gasteiger partial charge in [0.1, 0.15) is 11.6 Å². The summed E-state index contributed by atoms with van der Waals surface area (Å²) in [6.45, 7) is 0. The zero-order valence-electron chi connectivity index (χ0n) is 8.79. The zero-order chi connectivity index (χ0) is 12.3. The van der Waals surface area contributed by atoms with Crippen molar-refractivity contribution in [3.63, 3.8) is 0 Å². The highest BCUT2D eigenvalue weighted by Gasteiger charge is 2.06.